The molecule has 1 aliphatic rings. The van der Waals surface area contributed by atoms with Crippen LogP contribution >= 0.6 is 15.9 Å². The molecule has 0 radical (unpaired) electrons. The van der Waals surface area contributed by atoms with E-state index in [1.165, 1.54) is 6.07 Å². The average molecular weight is 243 g/mol. The van der Waals surface area contributed by atoms with Crippen molar-refractivity contribution in [3.05, 3.63) is 40.1 Å². The number of rotatable bonds is 0. The zero-order valence-electron chi connectivity index (χ0n) is 6.89. The van der Waals surface area contributed by atoms with Crippen molar-refractivity contribution in [2.45, 2.75) is 6.42 Å². The fourth-order valence-electron chi connectivity index (χ4n) is 1.30. The van der Waals surface area contributed by atoms with Gasteiger partial charge in [-0.3, -0.25) is 0 Å². The number of ether oxygens (including phenoxy) is 1. The third kappa shape index (κ3) is 1.61. The molecule has 2 rings (SSSR count). The average Bonchev–Trinajstić information content (AvgIpc) is 2.36. The summed E-state index contributed by atoms with van der Waals surface area (Å²) in [7, 11) is 0. The van der Waals surface area contributed by atoms with Crippen molar-refractivity contribution in [1.82, 2.24) is 0 Å². The Morgan fingerprint density at radius 1 is 1.31 bits per heavy atom. The van der Waals surface area contributed by atoms with Gasteiger partial charge in [-0.05, 0) is 34.0 Å². The van der Waals surface area contributed by atoms with Crippen molar-refractivity contribution in [1.29, 1.82) is 0 Å². The van der Waals surface area contributed by atoms with E-state index in [9.17, 15) is 4.39 Å². The Labute approximate surface area is 84.3 Å². The lowest BCUT2D eigenvalue weighted by Gasteiger charge is -2.09. The molecular formula is C10H8BrFO. The molecule has 0 fully saturated rings. The first-order valence-corrected chi connectivity index (χ1v) is 4.83. The van der Waals surface area contributed by atoms with Crippen LogP contribution in [-0.2, 0) is 6.42 Å². The summed E-state index contributed by atoms with van der Waals surface area (Å²) in [5.74, 6) is 0.352. The second kappa shape index (κ2) is 3.50. The Hall–Kier alpha value is -0.830. The monoisotopic (exact) mass is 242 g/mol. The number of benzene rings is 1. The Kier molecular flexibility index (Phi) is 2.36. The molecule has 0 saturated carbocycles. The van der Waals surface area contributed by atoms with Gasteiger partial charge < -0.3 is 4.74 Å². The summed E-state index contributed by atoms with van der Waals surface area (Å²) in [5, 5.41) is 0. The molecule has 0 saturated heterocycles. The summed E-state index contributed by atoms with van der Waals surface area (Å²) < 4.78 is 18.9. The van der Waals surface area contributed by atoms with Crippen LogP contribution < -0.4 is 4.74 Å². The summed E-state index contributed by atoms with van der Waals surface area (Å²) in [6, 6.07) is 3.20. The molecule has 1 aromatic rings. The smallest absolute Gasteiger partial charge is 0.141 e. The zero-order chi connectivity index (χ0) is 9.26. The standard InChI is InChI=1S/C10H8BrFO/c11-9-8(12)5-4-7-3-1-2-6-13-10(7)9/h1-2,4-5H,3,6H2. The normalized spacial score (nSPS) is 14.6. The third-order valence-electron chi connectivity index (χ3n) is 1.96. The maximum absolute atomic E-state index is 13.1. The number of hydrogen-bond donors (Lipinski definition) is 0. The minimum absolute atomic E-state index is 0.277. The summed E-state index contributed by atoms with van der Waals surface area (Å²) in [6.45, 7) is 0.509. The molecule has 0 amide bonds. The van der Waals surface area contributed by atoms with E-state index in [0.717, 1.165) is 12.0 Å². The second-order valence-corrected chi connectivity index (χ2v) is 3.63. The molecule has 3 heteroatoms. The largest absolute Gasteiger partial charge is 0.488 e. The SMILES string of the molecule is Fc1ccc2c(c1Br)OCC=CC2. The molecule has 1 aromatic carbocycles. The van der Waals surface area contributed by atoms with Gasteiger partial charge in [-0.1, -0.05) is 18.2 Å². The molecular weight excluding hydrogens is 235 g/mol. The number of halogens is 2. The molecule has 1 aliphatic heterocycles. The molecule has 0 aromatic heterocycles. The third-order valence-corrected chi connectivity index (χ3v) is 2.70. The first-order chi connectivity index (χ1) is 6.29. The molecule has 0 aliphatic carbocycles. The Bertz CT molecular complexity index is 360. The molecule has 13 heavy (non-hydrogen) atoms. The van der Waals surface area contributed by atoms with E-state index in [2.05, 4.69) is 15.9 Å². The molecule has 0 spiro atoms. The van der Waals surface area contributed by atoms with Crippen molar-refractivity contribution in [3.63, 3.8) is 0 Å². The predicted octanol–water partition coefficient (Wildman–Crippen LogP) is 3.08. The van der Waals surface area contributed by atoms with Crippen molar-refractivity contribution >= 4 is 15.9 Å². The zero-order valence-corrected chi connectivity index (χ0v) is 8.47. The van der Waals surface area contributed by atoms with Crippen LogP contribution in [0.1, 0.15) is 5.56 Å². The summed E-state index contributed by atoms with van der Waals surface area (Å²) in [6.07, 6.45) is 4.76. The van der Waals surface area contributed by atoms with E-state index in [4.69, 9.17) is 4.74 Å². The Balaban J connectivity index is 2.52. The quantitative estimate of drug-likeness (QED) is 0.636. The van der Waals surface area contributed by atoms with Crippen LogP contribution in [-0.4, -0.2) is 6.61 Å². The van der Waals surface area contributed by atoms with Gasteiger partial charge in [0.1, 0.15) is 18.2 Å². The maximum Gasteiger partial charge on any atom is 0.141 e. The first kappa shape index (κ1) is 8.75. The highest BCUT2D eigenvalue weighted by molar-refractivity contribution is 9.10. The van der Waals surface area contributed by atoms with Crippen molar-refractivity contribution in [2.75, 3.05) is 6.61 Å². The van der Waals surface area contributed by atoms with Gasteiger partial charge in [0.15, 0.2) is 0 Å². The molecule has 0 N–H and O–H groups in total. The van der Waals surface area contributed by atoms with Crippen molar-refractivity contribution in [3.8, 4) is 5.75 Å². The summed E-state index contributed by atoms with van der Waals surface area (Å²) in [4.78, 5) is 0. The van der Waals surface area contributed by atoms with Gasteiger partial charge in [0.2, 0.25) is 0 Å². The minimum Gasteiger partial charge on any atom is -0.488 e. The summed E-state index contributed by atoms with van der Waals surface area (Å²) in [5.41, 5.74) is 1.02. The van der Waals surface area contributed by atoms with Gasteiger partial charge in [-0.25, -0.2) is 4.39 Å². The fourth-order valence-corrected chi connectivity index (χ4v) is 1.80. The molecule has 1 nitrogen and oxygen atoms in total. The van der Waals surface area contributed by atoms with Crippen molar-refractivity contribution in [2.24, 2.45) is 0 Å². The van der Waals surface area contributed by atoms with E-state index in [-0.39, 0.29) is 5.82 Å². The van der Waals surface area contributed by atoms with Crippen LogP contribution in [0.3, 0.4) is 0 Å². The van der Waals surface area contributed by atoms with Gasteiger partial charge in [0.25, 0.3) is 0 Å². The minimum atomic E-state index is -0.277. The van der Waals surface area contributed by atoms with E-state index in [1.54, 1.807) is 6.07 Å². The van der Waals surface area contributed by atoms with E-state index >= 15 is 0 Å². The lowest BCUT2D eigenvalue weighted by Crippen LogP contribution is -1.96. The predicted molar refractivity (Wildman–Crippen MR) is 52.4 cm³/mol. The topological polar surface area (TPSA) is 9.23 Å². The van der Waals surface area contributed by atoms with Gasteiger partial charge in [-0.2, -0.15) is 0 Å². The van der Waals surface area contributed by atoms with Crippen LogP contribution in [0.15, 0.2) is 28.8 Å². The second-order valence-electron chi connectivity index (χ2n) is 2.84. The Morgan fingerprint density at radius 3 is 3.00 bits per heavy atom. The lowest BCUT2D eigenvalue weighted by molar-refractivity contribution is 0.357. The lowest BCUT2D eigenvalue weighted by atomic mass is 10.1. The van der Waals surface area contributed by atoms with Gasteiger partial charge in [0, 0.05) is 0 Å². The van der Waals surface area contributed by atoms with Crippen LogP contribution in [0.25, 0.3) is 0 Å². The molecule has 1 heterocycles. The highest BCUT2D eigenvalue weighted by Gasteiger charge is 2.12. The van der Waals surface area contributed by atoms with Crippen LogP contribution in [0.2, 0.25) is 0 Å². The molecule has 68 valence electrons. The molecule has 0 atom stereocenters. The highest BCUT2D eigenvalue weighted by Crippen LogP contribution is 2.33. The van der Waals surface area contributed by atoms with Crippen LogP contribution in [0.5, 0.6) is 5.75 Å². The van der Waals surface area contributed by atoms with Gasteiger partial charge in [0.05, 0.1) is 4.47 Å². The maximum atomic E-state index is 13.1. The van der Waals surface area contributed by atoms with Gasteiger partial charge >= 0.3 is 0 Å². The van der Waals surface area contributed by atoms with Crippen LogP contribution in [0, 0.1) is 5.82 Å². The van der Waals surface area contributed by atoms with E-state index < -0.39 is 0 Å². The van der Waals surface area contributed by atoms with E-state index in [1.807, 2.05) is 12.2 Å². The number of hydrogen-bond acceptors (Lipinski definition) is 1. The first-order valence-electron chi connectivity index (χ1n) is 4.03. The number of allylic oxidation sites excluding steroid dienone is 1. The van der Waals surface area contributed by atoms with Gasteiger partial charge in [-0.15, -0.1) is 0 Å². The van der Waals surface area contributed by atoms with Crippen molar-refractivity contribution < 1.29 is 9.13 Å². The molecule has 0 bridgehead atoms. The highest BCUT2D eigenvalue weighted by atomic mass is 79.9. The number of fused-ring (bicyclic) bond motifs is 1. The molecule has 0 unspecified atom stereocenters. The summed E-state index contributed by atoms with van der Waals surface area (Å²) >= 11 is 3.17. The fraction of sp³-hybridized carbons (Fsp3) is 0.200. The Morgan fingerprint density at radius 2 is 2.15 bits per heavy atom. The van der Waals surface area contributed by atoms with Crippen LogP contribution in [0.4, 0.5) is 4.39 Å². The van der Waals surface area contributed by atoms with E-state index in [0.29, 0.717) is 16.8 Å².